The molecule has 0 aromatic heterocycles. The average Bonchev–Trinajstić information content (AvgIpc) is 2.66. The van der Waals surface area contributed by atoms with Gasteiger partial charge >= 0.3 is 6.03 Å². The zero-order chi connectivity index (χ0) is 18.8. The molecule has 0 aliphatic heterocycles. The van der Waals surface area contributed by atoms with Crippen molar-refractivity contribution in [3.63, 3.8) is 0 Å². The molecule has 2 rings (SSSR count). The topological polar surface area (TPSA) is 78.7 Å². The van der Waals surface area contributed by atoms with Gasteiger partial charge in [-0.3, -0.25) is 4.79 Å². The van der Waals surface area contributed by atoms with Crippen LogP contribution in [0.3, 0.4) is 0 Å². The molecule has 0 atom stereocenters. The van der Waals surface area contributed by atoms with Crippen LogP contribution in [-0.2, 0) is 11.3 Å². The third-order valence-corrected chi connectivity index (χ3v) is 4.05. The molecule has 0 saturated heterocycles. The Labute approximate surface area is 154 Å². The number of rotatable bonds is 9. The molecule has 26 heavy (non-hydrogen) atoms. The van der Waals surface area contributed by atoms with E-state index in [9.17, 15) is 9.59 Å². The maximum Gasteiger partial charge on any atom is 0.317 e. The van der Waals surface area contributed by atoms with Gasteiger partial charge < -0.3 is 20.9 Å². The molecule has 6 heteroatoms. The number of nitrogens with zero attached hydrogens (tertiary/aromatic N) is 2. The SMILES string of the molecule is CN(CCNC(=O)N(CCC(N)=O)Cc1ccccc1)c1ccccc1. The van der Waals surface area contributed by atoms with E-state index in [0.717, 1.165) is 11.3 Å². The summed E-state index contributed by atoms with van der Waals surface area (Å²) in [7, 11) is 1.98. The number of carbonyl (C=O) groups is 2. The predicted octanol–water partition coefficient (Wildman–Crippen LogP) is 2.21. The van der Waals surface area contributed by atoms with E-state index in [2.05, 4.69) is 10.2 Å². The van der Waals surface area contributed by atoms with E-state index in [4.69, 9.17) is 5.73 Å². The first-order chi connectivity index (χ1) is 12.6. The van der Waals surface area contributed by atoms with Crippen molar-refractivity contribution in [2.24, 2.45) is 5.73 Å². The summed E-state index contributed by atoms with van der Waals surface area (Å²) in [6.45, 7) is 1.93. The number of urea groups is 1. The third-order valence-electron chi connectivity index (χ3n) is 4.05. The van der Waals surface area contributed by atoms with Crippen LogP contribution in [0.4, 0.5) is 10.5 Å². The number of hydrogen-bond donors (Lipinski definition) is 2. The first-order valence-corrected chi connectivity index (χ1v) is 8.67. The number of nitrogens with two attached hydrogens (primary N) is 1. The number of nitrogens with one attached hydrogen (secondary N) is 1. The lowest BCUT2D eigenvalue weighted by molar-refractivity contribution is -0.118. The van der Waals surface area contributed by atoms with E-state index in [0.29, 0.717) is 26.2 Å². The van der Waals surface area contributed by atoms with Crippen LogP contribution in [0.25, 0.3) is 0 Å². The fraction of sp³-hybridized carbons (Fsp3) is 0.300. The second-order valence-electron chi connectivity index (χ2n) is 6.11. The molecular weight excluding hydrogens is 328 g/mol. The maximum atomic E-state index is 12.5. The molecule has 3 amide bonds. The van der Waals surface area contributed by atoms with E-state index >= 15 is 0 Å². The highest BCUT2D eigenvalue weighted by atomic mass is 16.2. The minimum atomic E-state index is -0.417. The Morgan fingerprint density at radius 3 is 2.19 bits per heavy atom. The molecule has 0 aliphatic rings. The number of carbonyl (C=O) groups excluding carboxylic acids is 2. The molecule has 0 bridgehead atoms. The van der Waals surface area contributed by atoms with Crippen molar-refractivity contribution in [3.8, 4) is 0 Å². The van der Waals surface area contributed by atoms with Gasteiger partial charge in [0.25, 0.3) is 0 Å². The van der Waals surface area contributed by atoms with Crippen molar-refractivity contribution >= 4 is 17.6 Å². The molecular formula is C20H26N4O2. The highest BCUT2D eigenvalue weighted by Gasteiger charge is 2.14. The number of para-hydroxylation sites is 1. The molecule has 6 nitrogen and oxygen atoms in total. The van der Waals surface area contributed by atoms with Gasteiger partial charge in [0.05, 0.1) is 0 Å². The van der Waals surface area contributed by atoms with Crippen LogP contribution in [0.1, 0.15) is 12.0 Å². The highest BCUT2D eigenvalue weighted by molar-refractivity contribution is 5.77. The standard InChI is InChI=1S/C20H26N4O2/c1-23(18-10-6-3-7-11-18)15-13-22-20(26)24(14-12-19(21)25)16-17-8-4-2-5-9-17/h2-11H,12-16H2,1H3,(H2,21,25)(H,22,26). The van der Waals surface area contributed by atoms with Crippen molar-refractivity contribution in [2.75, 3.05) is 31.6 Å². The van der Waals surface area contributed by atoms with Gasteiger partial charge in [-0.1, -0.05) is 48.5 Å². The van der Waals surface area contributed by atoms with Gasteiger partial charge in [0.15, 0.2) is 0 Å². The molecule has 0 spiro atoms. The fourth-order valence-electron chi connectivity index (χ4n) is 2.56. The smallest absolute Gasteiger partial charge is 0.317 e. The van der Waals surface area contributed by atoms with E-state index in [1.54, 1.807) is 4.90 Å². The van der Waals surface area contributed by atoms with E-state index in [1.807, 2.05) is 67.7 Å². The minimum absolute atomic E-state index is 0.143. The molecule has 2 aromatic carbocycles. The second kappa shape index (κ2) is 10.1. The Morgan fingerprint density at radius 2 is 1.58 bits per heavy atom. The van der Waals surface area contributed by atoms with Crippen LogP contribution in [0.2, 0.25) is 0 Å². The van der Waals surface area contributed by atoms with Gasteiger partial charge in [0.2, 0.25) is 5.91 Å². The quantitative estimate of drug-likeness (QED) is 0.725. The van der Waals surface area contributed by atoms with Crippen LogP contribution in [0.5, 0.6) is 0 Å². The third kappa shape index (κ3) is 6.47. The second-order valence-corrected chi connectivity index (χ2v) is 6.11. The van der Waals surface area contributed by atoms with Crippen molar-refractivity contribution in [3.05, 3.63) is 66.2 Å². The molecule has 138 valence electrons. The first kappa shape index (κ1) is 19.3. The molecule has 0 fully saturated rings. The number of amides is 3. The lowest BCUT2D eigenvalue weighted by Crippen LogP contribution is -2.43. The fourth-order valence-corrected chi connectivity index (χ4v) is 2.56. The molecule has 0 heterocycles. The maximum absolute atomic E-state index is 12.5. The van der Waals surface area contributed by atoms with Gasteiger partial charge in [-0.15, -0.1) is 0 Å². The summed E-state index contributed by atoms with van der Waals surface area (Å²) in [4.78, 5) is 27.3. The Kier molecular flexibility index (Phi) is 7.49. The van der Waals surface area contributed by atoms with Gasteiger partial charge in [-0.2, -0.15) is 0 Å². The van der Waals surface area contributed by atoms with E-state index < -0.39 is 5.91 Å². The molecule has 2 aromatic rings. The summed E-state index contributed by atoms with van der Waals surface area (Å²) in [5, 5.41) is 2.92. The van der Waals surface area contributed by atoms with Crippen LogP contribution in [0.15, 0.2) is 60.7 Å². The first-order valence-electron chi connectivity index (χ1n) is 8.67. The molecule has 0 unspecified atom stereocenters. The van der Waals surface area contributed by atoms with Gasteiger partial charge in [0, 0.05) is 45.3 Å². The van der Waals surface area contributed by atoms with E-state index in [-0.39, 0.29) is 12.5 Å². The van der Waals surface area contributed by atoms with Crippen molar-refractivity contribution in [2.45, 2.75) is 13.0 Å². The number of likely N-dealkylation sites (N-methyl/N-ethyl adjacent to an activating group) is 1. The monoisotopic (exact) mass is 354 g/mol. The summed E-state index contributed by atoms with van der Waals surface area (Å²) in [5.74, 6) is -0.417. The predicted molar refractivity (Wildman–Crippen MR) is 104 cm³/mol. The Bertz CT molecular complexity index is 691. The molecule has 3 N–H and O–H groups in total. The van der Waals surface area contributed by atoms with Gasteiger partial charge in [-0.05, 0) is 17.7 Å². The van der Waals surface area contributed by atoms with Crippen LogP contribution < -0.4 is 16.0 Å². The molecule has 0 aliphatic carbocycles. The Hall–Kier alpha value is -3.02. The lowest BCUT2D eigenvalue weighted by Gasteiger charge is -2.24. The Morgan fingerprint density at radius 1 is 0.962 bits per heavy atom. The Balaban J connectivity index is 1.87. The largest absolute Gasteiger partial charge is 0.373 e. The summed E-state index contributed by atoms with van der Waals surface area (Å²) >= 11 is 0. The van der Waals surface area contributed by atoms with E-state index in [1.165, 1.54) is 0 Å². The van der Waals surface area contributed by atoms with Crippen molar-refractivity contribution in [1.82, 2.24) is 10.2 Å². The van der Waals surface area contributed by atoms with Crippen LogP contribution in [-0.4, -0.2) is 43.5 Å². The van der Waals surface area contributed by atoms with Gasteiger partial charge in [-0.25, -0.2) is 4.79 Å². The number of anilines is 1. The van der Waals surface area contributed by atoms with Crippen LogP contribution >= 0.6 is 0 Å². The number of hydrogen-bond acceptors (Lipinski definition) is 3. The highest BCUT2D eigenvalue weighted by Crippen LogP contribution is 2.10. The minimum Gasteiger partial charge on any atom is -0.373 e. The summed E-state index contributed by atoms with van der Waals surface area (Å²) in [6.07, 6.45) is 0.143. The van der Waals surface area contributed by atoms with Gasteiger partial charge in [0.1, 0.15) is 0 Å². The zero-order valence-corrected chi connectivity index (χ0v) is 15.1. The normalized spacial score (nSPS) is 10.2. The molecule has 0 saturated carbocycles. The average molecular weight is 354 g/mol. The van der Waals surface area contributed by atoms with Crippen molar-refractivity contribution < 1.29 is 9.59 Å². The number of primary amides is 1. The summed E-state index contributed by atoms with van der Waals surface area (Å²) in [5.41, 5.74) is 7.34. The van der Waals surface area contributed by atoms with Crippen molar-refractivity contribution in [1.29, 1.82) is 0 Å². The molecule has 0 radical (unpaired) electrons. The van der Waals surface area contributed by atoms with Crippen LogP contribution in [0, 0.1) is 0 Å². The lowest BCUT2D eigenvalue weighted by atomic mass is 10.2. The zero-order valence-electron chi connectivity index (χ0n) is 15.1. The summed E-state index contributed by atoms with van der Waals surface area (Å²) < 4.78 is 0. The number of benzene rings is 2. The summed E-state index contributed by atoms with van der Waals surface area (Å²) in [6, 6.07) is 19.5.